The molecule has 1 saturated heterocycles. The average molecular weight is 381 g/mol. The minimum absolute atomic E-state index is 0.0408. The first-order valence-corrected chi connectivity index (χ1v) is 9.65. The highest BCUT2D eigenvalue weighted by molar-refractivity contribution is 5.81. The molecule has 3 fully saturated rings. The molecule has 1 amide bonds. The van der Waals surface area contributed by atoms with E-state index in [1.807, 2.05) is 4.90 Å². The molecule has 6 heteroatoms. The fourth-order valence-corrected chi connectivity index (χ4v) is 5.44. The Labute approximate surface area is 157 Å². The zero-order valence-corrected chi connectivity index (χ0v) is 15.8. The fourth-order valence-electron chi connectivity index (χ4n) is 5.44. The molecule has 0 radical (unpaired) electrons. The van der Waals surface area contributed by atoms with Gasteiger partial charge in [0.25, 0.3) is 0 Å². The number of amides is 1. The molecule has 0 aromatic heterocycles. The van der Waals surface area contributed by atoms with E-state index in [1.165, 1.54) is 6.07 Å². The van der Waals surface area contributed by atoms with Crippen LogP contribution in [0.15, 0.2) is 18.2 Å². The van der Waals surface area contributed by atoms with Crippen LogP contribution in [0.2, 0.25) is 0 Å². The average Bonchev–Trinajstić information content (AvgIpc) is 2.45. The van der Waals surface area contributed by atoms with Crippen LogP contribution in [0.4, 0.5) is 13.2 Å². The maximum Gasteiger partial charge on any atom is 0.416 e. The number of alkyl halides is 3. The summed E-state index contributed by atoms with van der Waals surface area (Å²) in [6, 6.07) is 4.44. The third-order valence-corrected chi connectivity index (χ3v) is 6.79. The van der Waals surface area contributed by atoms with Crippen molar-refractivity contribution in [3.05, 3.63) is 34.9 Å². The molecule has 3 aliphatic rings. The number of hydrogen-bond acceptors (Lipinski definition) is 2. The largest absolute Gasteiger partial charge is 0.416 e. The molecule has 3 nitrogen and oxygen atoms in total. The van der Waals surface area contributed by atoms with Gasteiger partial charge in [0.05, 0.1) is 11.2 Å². The lowest BCUT2D eigenvalue weighted by Gasteiger charge is -2.60. The number of carbonyl (C=O) groups excluding carboxylic acids is 1. The fraction of sp³-hybridized carbons (Fsp3) is 0.667. The van der Waals surface area contributed by atoms with Crippen LogP contribution < -0.4 is 0 Å². The molecule has 1 heterocycles. The van der Waals surface area contributed by atoms with Crippen LogP contribution in [0.25, 0.3) is 0 Å². The Morgan fingerprint density at radius 1 is 1.22 bits per heavy atom. The molecule has 27 heavy (non-hydrogen) atoms. The van der Waals surface area contributed by atoms with E-state index in [0.29, 0.717) is 30.7 Å². The van der Waals surface area contributed by atoms with Crippen LogP contribution >= 0.6 is 0 Å². The van der Waals surface area contributed by atoms with Crippen LogP contribution in [0.3, 0.4) is 0 Å². The van der Waals surface area contributed by atoms with Crippen molar-refractivity contribution >= 4 is 5.91 Å². The summed E-state index contributed by atoms with van der Waals surface area (Å²) in [7, 11) is 0. The predicted molar refractivity (Wildman–Crippen MR) is 95.0 cm³/mol. The van der Waals surface area contributed by atoms with Crippen molar-refractivity contribution in [3.8, 4) is 0 Å². The van der Waals surface area contributed by atoms with Gasteiger partial charge in [0, 0.05) is 24.4 Å². The van der Waals surface area contributed by atoms with Crippen molar-refractivity contribution < 1.29 is 23.1 Å². The topological polar surface area (TPSA) is 40.5 Å². The van der Waals surface area contributed by atoms with Gasteiger partial charge in [0.1, 0.15) is 0 Å². The zero-order valence-electron chi connectivity index (χ0n) is 15.8. The van der Waals surface area contributed by atoms with E-state index in [0.717, 1.165) is 37.6 Å². The van der Waals surface area contributed by atoms with Gasteiger partial charge in [-0.05, 0) is 69.1 Å². The van der Waals surface area contributed by atoms with Crippen molar-refractivity contribution in [3.63, 3.8) is 0 Å². The lowest BCUT2D eigenvalue weighted by Crippen LogP contribution is -2.66. The summed E-state index contributed by atoms with van der Waals surface area (Å²) in [4.78, 5) is 14.3. The summed E-state index contributed by atoms with van der Waals surface area (Å²) in [6.45, 7) is 4.86. The summed E-state index contributed by atoms with van der Waals surface area (Å²) in [5, 5.41) is 9.79. The van der Waals surface area contributed by atoms with Gasteiger partial charge in [-0.15, -0.1) is 0 Å². The highest BCUT2D eigenvalue weighted by Crippen LogP contribution is 2.54. The first-order valence-electron chi connectivity index (χ1n) is 9.65. The molecule has 4 rings (SSSR count). The third-order valence-electron chi connectivity index (χ3n) is 6.79. The van der Waals surface area contributed by atoms with Crippen molar-refractivity contribution in [1.29, 1.82) is 0 Å². The molecular formula is C21H26F3NO2. The van der Waals surface area contributed by atoms with Crippen molar-refractivity contribution in [2.45, 2.75) is 57.7 Å². The van der Waals surface area contributed by atoms with E-state index in [2.05, 4.69) is 0 Å². The van der Waals surface area contributed by atoms with E-state index in [-0.39, 0.29) is 17.2 Å². The summed E-state index contributed by atoms with van der Waals surface area (Å²) in [5.74, 6) is 0.513. The van der Waals surface area contributed by atoms with Crippen molar-refractivity contribution in [2.24, 2.45) is 17.3 Å². The number of nitrogens with zero attached hydrogens (tertiary/aromatic N) is 1. The van der Waals surface area contributed by atoms with E-state index < -0.39 is 17.3 Å². The van der Waals surface area contributed by atoms with Crippen molar-refractivity contribution in [2.75, 3.05) is 13.1 Å². The minimum atomic E-state index is -4.30. The van der Waals surface area contributed by atoms with E-state index in [1.54, 1.807) is 19.9 Å². The van der Waals surface area contributed by atoms with Gasteiger partial charge in [-0.2, -0.15) is 13.2 Å². The van der Waals surface area contributed by atoms with Crippen LogP contribution in [0.1, 0.15) is 49.3 Å². The molecule has 1 N–H and O–H groups in total. The molecule has 0 atom stereocenters. The molecular weight excluding hydrogens is 355 g/mol. The second-order valence-electron chi connectivity index (χ2n) is 9.36. The van der Waals surface area contributed by atoms with Gasteiger partial charge >= 0.3 is 6.18 Å². The number of hydrogen-bond donors (Lipinski definition) is 1. The molecule has 1 aromatic carbocycles. The highest BCUT2D eigenvalue weighted by atomic mass is 19.4. The van der Waals surface area contributed by atoms with Crippen LogP contribution in [0, 0.1) is 24.2 Å². The Bertz CT molecular complexity index is 749. The van der Waals surface area contributed by atoms with Gasteiger partial charge in [0.15, 0.2) is 0 Å². The lowest BCUT2D eigenvalue weighted by molar-refractivity contribution is -0.171. The maximum atomic E-state index is 13.1. The number of aliphatic hydroxyl groups is 1. The second-order valence-corrected chi connectivity index (χ2v) is 9.36. The highest BCUT2D eigenvalue weighted by Gasteiger charge is 2.55. The predicted octanol–water partition coefficient (Wildman–Crippen LogP) is 3.96. The quantitative estimate of drug-likeness (QED) is 0.861. The Hall–Kier alpha value is -1.56. The van der Waals surface area contributed by atoms with Crippen LogP contribution in [-0.4, -0.2) is 34.6 Å². The minimum Gasteiger partial charge on any atom is -0.390 e. The Morgan fingerprint density at radius 2 is 1.85 bits per heavy atom. The first kappa shape index (κ1) is 18.8. The lowest BCUT2D eigenvalue weighted by atomic mass is 9.56. The maximum absolute atomic E-state index is 13.1. The number of benzene rings is 1. The molecule has 1 spiro atoms. The van der Waals surface area contributed by atoms with Gasteiger partial charge in [-0.1, -0.05) is 12.1 Å². The molecule has 2 saturated carbocycles. The summed E-state index contributed by atoms with van der Waals surface area (Å²) < 4.78 is 39.2. The normalized spacial score (nSPS) is 29.9. The van der Waals surface area contributed by atoms with Crippen LogP contribution in [-0.2, 0) is 17.4 Å². The van der Waals surface area contributed by atoms with Gasteiger partial charge in [0.2, 0.25) is 5.91 Å². The number of rotatable bonds is 3. The number of carbonyl (C=O) groups is 1. The molecule has 0 unspecified atom stereocenters. The van der Waals surface area contributed by atoms with Gasteiger partial charge in [-0.25, -0.2) is 0 Å². The summed E-state index contributed by atoms with van der Waals surface area (Å²) in [6.07, 6.45) is -0.567. The van der Waals surface area contributed by atoms with Gasteiger partial charge < -0.3 is 10.0 Å². The summed E-state index contributed by atoms with van der Waals surface area (Å²) in [5.41, 5.74) is 0.0860. The molecule has 1 aromatic rings. The standard InChI is InChI=1S/C21H26F3NO2/c1-13-15(4-3-5-17(13)21(22,23)24)6-14-7-20(8-14)11-25(12-20)18(26)16-9-19(2,27)10-16/h3-5,14,16,27H,6-12H2,1-2H3. The molecule has 2 aliphatic carbocycles. The molecule has 148 valence electrons. The summed E-state index contributed by atoms with van der Waals surface area (Å²) >= 11 is 0. The third kappa shape index (κ3) is 3.37. The Kier molecular flexibility index (Phi) is 4.15. The van der Waals surface area contributed by atoms with Gasteiger partial charge in [-0.3, -0.25) is 4.79 Å². The monoisotopic (exact) mass is 381 g/mol. The Morgan fingerprint density at radius 3 is 2.41 bits per heavy atom. The smallest absolute Gasteiger partial charge is 0.390 e. The Balaban J connectivity index is 1.29. The van der Waals surface area contributed by atoms with E-state index in [9.17, 15) is 23.1 Å². The van der Waals surface area contributed by atoms with E-state index in [4.69, 9.17) is 0 Å². The van der Waals surface area contributed by atoms with E-state index >= 15 is 0 Å². The first-order chi connectivity index (χ1) is 12.5. The second kappa shape index (κ2) is 5.97. The van der Waals surface area contributed by atoms with Crippen LogP contribution in [0.5, 0.6) is 0 Å². The molecule has 1 aliphatic heterocycles. The van der Waals surface area contributed by atoms with Crippen molar-refractivity contribution in [1.82, 2.24) is 4.90 Å². The SMILES string of the molecule is Cc1c(CC2CC3(C2)CN(C(=O)C2CC(C)(O)C2)C3)cccc1C(F)(F)F. The number of halogens is 3. The zero-order chi connectivity index (χ0) is 19.6. The molecule has 0 bridgehead atoms. The number of likely N-dealkylation sites (tertiary alicyclic amines) is 1.